The zero-order valence-electron chi connectivity index (χ0n) is 13.3. The third kappa shape index (κ3) is 2.29. The molecule has 3 heterocycles. The number of rotatable bonds is 3. The van der Waals surface area contributed by atoms with Gasteiger partial charge in [-0.05, 0) is 42.7 Å². The molecule has 0 spiro atoms. The molecular formula is C19H17N3O2. The highest BCUT2D eigenvalue weighted by molar-refractivity contribution is 5.98. The summed E-state index contributed by atoms with van der Waals surface area (Å²) in [6.07, 6.45) is 5.94. The summed E-state index contributed by atoms with van der Waals surface area (Å²) in [6, 6.07) is 9.65. The number of hydrogen-bond acceptors (Lipinski definition) is 3. The number of aromatic nitrogens is 2. The summed E-state index contributed by atoms with van der Waals surface area (Å²) in [5.74, 6) is -0.341. The van der Waals surface area contributed by atoms with Crippen molar-refractivity contribution in [2.75, 3.05) is 0 Å². The molecule has 1 aromatic carbocycles. The summed E-state index contributed by atoms with van der Waals surface area (Å²) < 4.78 is 2.05. The van der Waals surface area contributed by atoms with Crippen molar-refractivity contribution in [1.29, 1.82) is 0 Å². The lowest BCUT2D eigenvalue weighted by molar-refractivity contribution is 0.0949. The maximum absolute atomic E-state index is 12.7. The Hall–Kier alpha value is -2.95. The van der Waals surface area contributed by atoms with Crippen LogP contribution in [0.15, 0.2) is 53.7 Å². The van der Waals surface area contributed by atoms with Crippen molar-refractivity contribution in [2.45, 2.75) is 25.9 Å². The first-order chi connectivity index (χ1) is 11.6. The van der Waals surface area contributed by atoms with Crippen LogP contribution in [0.3, 0.4) is 0 Å². The van der Waals surface area contributed by atoms with Crippen molar-refractivity contribution in [3.63, 3.8) is 0 Å². The smallest absolute Gasteiger partial charge is 0.257 e. The van der Waals surface area contributed by atoms with Crippen LogP contribution in [0, 0.1) is 0 Å². The van der Waals surface area contributed by atoms with Gasteiger partial charge in [-0.1, -0.05) is 12.1 Å². The van der Waals surface area contributed by atoms with Gasteiger partial charge in [0.15, 0.2) is 0 Å². The number of hydrogen-bond donors (Lipinski definition) is 1. The highest BCUT2D eigenvalue weighted by Gasteiger charge is 2.24. The molecule has 0 unspecified atom stereocenters. The van der Waals surface area contributed by atoms with E-state index in [1.165, 1.54) is 5.56 Å². The molecule has 1 amide bonds. The topological polar surface area (TPSA) is 64.0 Å². The van der Waals surface area contributed by atoms with Crippen LogP contribution in [0.25, 0.3) is 10.9 Å². The number of nitrogens with one attached hydrogen (secondary N) is 1. The second-order valence-corrected chi connectivity index (χ2v) is 6.18. The van der Waals surface area contributed by atoms with Gasteiger partial charge in [-0.3, -0.25) is 14.6 Å². The molecule has 4 rings (SSSR count). The fourth-order valence-electron chi connectivity index (χ4n) is 3.36. The molecule has 0 radical (unpaired) electrons. The summed E-state index contributed by atoms with van der Waals surface area (Å²) in [5.41, 5.74) is 3.06. The Bertz CT molecular complexity index is 993. The number of para-hydroxylation sites is 1. The standard InChI is InChI=1S/C19H17N3O2/c1-12-9-14-3-2-4-15-17(14)22(12)11-16(18(15)23)19(24)21-10-13-5-7-20-8-6-13/h2-8,11-12H,9-10H2,1H3,(H,21,24)/t12-/m1/s1. The minimum absolute atomic E-state index is 0.197. The molecule has 5 nitrogen and oxygen atoms in total. The second-order valence-electron chi connectivity index (χ2n) is 6.18. The van der Waals surface area contributed by atoms with Crippen LogP contribution in [0.5, 0.6) is 0 Å². The average molecular weight is 319 g/mol. The molecule has 1 N–H and O–H groups in total. The van der Waals surface area contributed by atoms with E-state index in [-0.39, 0.29) is 22.9 Å². The molecule has 2 aromatic heterocycles. The monoisotopic (exact) mass is 319 g/mol. The van der Waals surface area contributed by atoms with Crippen molar-refractivity contribution in [2.24, 2.45) is 0 Å². The first-order valence-electron chi connectivity index (χ1n) is 7.99. The lowest BCUT2D eigenvalue weighted by Gasteiger charge is -2.12. The molecule has 0 fully saturated rings. The van der Waals surface area contributed by atoms with Gasteiger partial charge in [0.1, 0.15) is 5.56 Å². The molecule has 3 aromatic rings. The molecule has 0 saturated carbocycles. The van der Waals surface area contributed by atoms with Crippen LogP contribution in [-0.2, 0) is 13.0 Å². The van der Waals surface area contributed by atoms with E-state index in [4.69, 9.17) is 0 Å². The van der Waals surface area contributed by atoms with Gasteiger partial charge in [-0.25, -0.2) is 0 Å². The first-order valence-corrected chi connectivity index (χ1v) is 7.99. The van der Waals surface area contributed by atoms with E-state index in [1.807, 2.05) is 28.8 Å². The van der Waals surface area contributed by atoms with Gasteiger partial charge in [0.25, 0.3) is 5.91 Å². The van der Waals surface area contributed by atoms with Crippen LogP contribution in [0.1, 0.15) is 34.5 Å². The molecule has 0 saturated heterocycles. The number of pyridine rings is 2. The minimum Gasteiger partial charge on any atom is -0.348 e. The molecule has 1 aliphatic heterocycles. The number of amides is 1. The van der Waals surface area contributed by atoms with E-state index in [0.717, 1.165) is 17.5 Å². The number of carbonyl (C=O) groups excluding carboxylic acids is 1. The zero-order valence-corrected chi connectivity index (χ0v) is 13.3. The van der Waals surface area contributed by atoms with E-state index in [9.17, 15) is 9.59 Å². The third-order valence-corrected chi connectivity index (χ3v) is 4.57. The van der Waals surface area contributed by atoms with Gasteiger partial charge in [0.05, 0.1) is 5.52 Å². The summed E-state index contributed by atoms with van der Waals surface area (Å²) in [7, 11) is 0. The van der Waals surface area contributed by atoms with Crippen LogP contribution in [-0.4, -0.2) is 15.5 Å². The van der Waals surface area contributed by atoms with Crippen LogP contribution in [0.4, 0.5) is 0 Å². The Labute approximate surface area is 139 Å². The predicted octanol–water partition coefficient (Wildman–Crippen LogP) is 2.44. The van der Waals surface area contributed by atoms with Gasteiger partial charge in [-0.2, -0.15) is 0 Å². The van der Waals surface area contributed by atoms with Gasteiger partial charge in [0.2, 0.25) is 5.43 Å². The zero-order chi connectivity index (χ0) is 16.7. The van der Waals surface area contributed by atoms with Crippen LogP contribution in [0.2, 0.25) is 0 Å². The van der Waals surface area contributed by atoms with E-state index < -0.39 is 0 Å². The fraction of sp³-hybridized carbons (Fsp3) is 0.211. The van der Waals surface area contributed by atoms with Gasteiger partial charge in [-0.15, -0.1) is 0 Å². The Kier molecular flexibility index (Phi) is 3.41. The molecule has 0 aliphatic carbocycles. The molecule has 24 heavy (non-hydrogen) atoms. The Morgan fingerprint density at radius 2 is 2.08 bits per heavy atom. The maximum atomic E-state index is 12.7. The highest BCUT2D eigenvalue weighted by atomic mass is 16.2. The third-order valence-electron chi connectivity index (χ3n) is 4.57. The van der Waals surface area contributed by atoms with Crippen molar-refractivity contribution in [3.05, 3.63) is 75.8 Å². The highest BCUT2D eigenvalue weighted by Crippen LogP contribution is 2.30. The quantitative estimate of drug-likeness (QED) is 0.806. The minimum atomic E-state index is -0.341. The molecule has 5 heteroatoms. The van der Waals surface area contributed by atoms with E-state index in [1.54, 1.807) is 24.7 Å². The van der Waals surface area contributed by atoms with Crippen LogP contribution < -0.4 is 10.7 Å². The molecule has 0 bridgehead atoms. The Balaban J connectivity index is 1.72. The van der Waals surface area contributed by atoms with Crippen molar-refractivity contribution in [1.82, 2.24) is 14.9 Å². The van der Waals surface area contributed by atoms with Crippen LogP contribution >= 0.6 is 0 Å². The normalized spacial score (nSPS) is 15.6. The van der Waals surface area contributed by atoms with Crippen molar-refractivity contribution < 1.29 is 4.79 Å². The predicted molar refractivity (Wildman–Crippen MR) is 92.0 cm³/mol. The Morgan fingerprint density at radius 1 is 1.29 bits per heavy atom. The average Bonchev–Trinajstić information content (AvgIpc) is 2.93. The van der Waals surface area contributed by atoms with E-state index in [2.05, 4.69) is 17.2 Å². The van der Waals surface area contributed by atoms with E-state index in [0.29, 0.717) is 11.9 Å². The fourth-order valence-corrected chi connectivity index (χ4v) is 3.36. The molecular weight excluding hydrogens is 302 g/mol. The number of carbonyl (C=O) groups is 1. The first kappa shape index (κ1) is 14.6. The lowest BCUT2D eigenvalue weighted by Crippen LogP contribution is -2.29. The maximum Gasteiger partial charge on any atom is 0.257 e. The van der Waals surface area contributed by atoms with Crippen molar-refractivity contribution >= 4 is 16.8 Å². The molecule has 120 valence electrons. The summed E-state index contributed by atoms with van der Waals surface area (Å²) in [6.45, 7) is 2.47. The lowest BCUT2D eigenvalue weighted by atomic mass is 10.1. The largest absolute Gasteiger partial charge is 0.348 e. The number of benzene rings is 1. The summed E-state index contributed by atoms with van der Waals surface area (Å²) >= 11 is 0. The Morgan fingerprint density at radius 3 is 2.88 bits per heavy atom. The summed E-state index contributed by atoms with van der Waals surface area (Å²) in [4.78, 5) is 29.2. The number of nitrogens with zero attached hydrogens (tertiary/aromatic N) is 2. The van der Waals surface area contributed by atoms with Gasteiger partial charge < -0.3 is 9.88 Å². The van der Waals surface area contributed by atoms with Gasteiger partial charge in [0, 0.05) is 36.6 Å². The second kappa shape index (κ2) is 5.60. The van der Waals surface area contributed by atoms with Crippen molar-refractivity contribution in [3.8, 4) is 0 Å². The van der Waals surface area contributed by atoms with E-state index >= 15 is 0 Å². The summed E-state index contributed by atoms with van der Waals surface area (Å²) in [5, 5.41) is 3.44. The SMILES string of the molecule is C[C@@H]1Cc2cccc3c(=O)c(C(=O)NCc4ccncc4)cn1c23. The van der Waals surface area contributed by atoms with Gasteiger partial charge >= 0.3 is 0 Å². The molecule has 1 aliphatic rings. The molecule has 1 atom stereocenters.